The molecule has 0 aliphatic rings. The molecule has 0 atom stereocenters. The van der Waals surface area contributed by atoms with Gasteiger partial charge in [-0.25, -0.2) is 10.1 Å². The quantitative estimate of drug-likeness (QED) is 0.337. The molecule has 0 spiro atoms. The van der Waals surface area contributed by atoms with Crippen molar-refractivity contribution in [2.24, 2.45) is 5.10 Å². The molecule has 0 aliphatic carbocycles. The number of phenolic OH excluding ortho intramolecular Hbond substituents is 1. The highest BCUT2D eigenvalue weighted by Gasteiger charge is 2.16. The number of fused-ring (bicyclic) bond motifs is 1. The summed E-state index contributed by atoms with van der Waals surface area (Å²) < 4.78 is 6.64. The van der Waals surface area contributed by atoms with Crippen LogP contribution in [0.1, 0.15) is 28.5 Å². The summed E-state index contributed by atoms with van der Waals surface area (Å²) in [6, 6.07) is 21.0. The van der Waals surface area contributed by atoms with Crippen molar-refractivity contribution in [3.63, 3.8) is 0 Å². The number of carbonyl (C=O) groups excluding carboxylic acids is 1. The van der Waals surface area contributed by atoms with E-state index in [1.165, 1.54) is 17.0 Å². The maximum atomic E-state index is 12.9. The molecule has 166 valence electrons. The highest BCUT2D eigenvalue weighted by atomic mass is 16.5. The number of benzene rings is 3. The van der Waals surface area contributed by atoms with Gasteiger partial charge in [0.2, 0.25) is 0 Å². The third-order valence-electron chi connectivity index (χ3n) is 4.92. The minimum Gasteiger partial charge on any atom is -0.504 e. The van der Waals surface area contributed by atoms with Gasteiger partial charge in [-0.05, 0) is 42.3 Å². The number of hydrogen-bond donors (Lipinski definition) is 2. The van der Waals surface area contributed by atoms with Crippen LogP contribution in [0.2, 0.25) is 0 Å². The number of hydrazone groups is 1. The van der Waals surface area contributed by atoms with Crippen molar-refractivity contribution in [1.29, 1.82) is 0 Å². The first-order valence-electron chi connectivity index (χ1n) is 10.4. The molecule has 8 heteroatoms. The molecule has 1 amide bonds. The standard InChI is InChI=1S/C25H22N4O4/c1-2-33-22-14-18(12-13-21(22)30)15-26-27-24(31)23-19-10-6-7-11-20(19)25(32)29(28-23)16-17-8-4-3-5-9-17/h3-15,30H,2,16H2,1H3,(H,27,31). The van der Waals surface area contributed by atoms with Crippen LogP contribution in [0.5, 0.6) is 11.5 Å². The predicted octanol–water partition coefficient (Wildman–Crippen LogP) is 3.31. The van der Waals surface area contributed by atoms with E-state index in [9.17, 15) is 14.7 Å². The molecule has 0 aliphatic heterocycles. The molecule has 0 saturated carbocycles. The molecule has 1 aromatic heterocycles. The average Bonchev–Trinajstić information content (AvgIpc) is 2.83. The fourth-order valence-electron chi connectivity index (χ4n) is 3.37. The first-order chi connectivity index (χ1) is 16.1. The minimum absolute atomic E-state index is 0.0226. The number of aromatic hydroxyl groups is 1. The lowest BCUT2D eigenvalue weighted by Gasteiger charge is -2.10. The van der Waals surface area contributed by atoms with E-state index in [0.717, 1.165) is 5.56 Å². The fourth-order valence-corrected chi connectivity index (χ4v) is 3.37. The molecule has 4 rings (SSSR count). The number of amides is 1. The smallest absolute Gasteiger partial charge is 0.292 e. The van der Waals surface area contributed by atoms with Gasteiger partial charge in [0.05, 0.1) is 24.8 Å². The summed E-state index contributed by atoms with van der Waals surface area (Å²) in [5.74, 6) is -0.198. The van der Waals surface area contributed by atoms with Gasteiger partial charge >= 0.3 is 0 Å². The SMILES string of the molecule is CCOc1cc(C=NNC(=O)c2nn(Cc3ccccc3)c(=O)c3ccccc23)ccc1O. The summed E-state index contributed by atoms with van der Waals surface area (Å²) in [5, 5.41) is 19.0. The Bertz CT molecular complexity index is 1380. The van der Waals surface area contributed by atoms with E-state index in [4.69, 9.17) is 4.74 Å². The molecule has 0 bridgehead atoms. The van der Waals surface area contributed by atoms with E-state index in [0.29, 0.717) is 28.7 Å². The third-order valence-corrected chi connectivity index (χ3v) is 4.92. The highest BCUT2D eigenvalue weighted by molar-refractivity contribution is 6.05. The Morgan fingerprint density at radius 1 is 1.09 bits per heavy atom. The van der Waals surface area contributed by atoms with Crippen LogP contribution in [0.15, 0.2) is 82.7 Å². The first kappa shape index (κ1) is 21.8. The summed E-state index contributed by atoms with van der Waals surface area (Å²) >= 11 is 0. The van der Waals surface area contributed by atoms with Crippen molar-refractivity contribution in [2.75, 3.05) is 6.61 Å². The van der Waals surface area contributed by atoms with Crippen molar-refractivity contribution in [3.05, 3.63) is 100.0 Å². The normalized spacial score (nSPS) is 11.1. The van der Waals surface area contributed by atoms with E-state index in [1.54, 1.807) is 36.4 Å². The van der Waals surface area contributed by atoms with Crippen LogP contribution in [0, 0.1) is 0 Å². The molecular formula is C25H22N4O4. The minimum atomic E-state index is -0.548. The van der Waals surface area contributed by atoms with Crippen LogP contribution < -0.4 is 15.7 Å². The number of aromatic nitrogens is 2. The maximum absolute atomic E-state index is 12.9. The monoisotopic (exact) mass is 442 g/mol. The summed E-state index contributed by atoms with van der Waals surface area (Å²) in [7, 11) is 0. The van der Waals surface area contributed by atoms with Crippen LogP contribution in [-0.4, -0.2) is 33.6 Å². The molecule has 33 heavy (non-hydrogen) atoms. The van der Waals surface area contributed by atoms with Gasteiger partial charge in [0, 0.05) is 5.39 Å². The number of rotatable bonds is 7. The Labute approximate surface area is 189 Å². The summed E-state index contributed by atoms with van der Waals surface area (Å²) in [6.07, 6.45) is 1.43. The molecule has 0 fully saturated rings. The molecule has 0 radical (unpaired) electrons. The second-order valence-electron chi connectivity index (χ2n) is 7.20. The van der Waals surface area contributed by atoms with Gasteiger partial charge in [-0.1, -0.05) is 48.5 Å². The predicted molar refractivity (Wildman–Crippen MR) is 126 cm³/mol. The molecule has 3 aromatic carbocycles. The Balaban J connectivity index is 1.62. The van der Waals surface area contributed by atoms with Crippen molar-refractivity contribution >= 4 is 22.9 Å². The number of hydrogen-bond acceptors (Lipinski definition) is 6. The largest absolute Gasteiger partial charge is 0.504 e. The lowest BCUT2D eigenvalue weighted by Crippen LogP contribution is -2.29. The topological polar surface area (TPSA) is 106 Å². The van der Waals surface area contributed by atoms with E-state index >= 15 is 0 Å². The number of phenols is 1. The number of ether oxygens (including phenoxy) is 1. The Kier molecular flexibility index (Phi) is 6.45. The molecule has 4 aromatic rings. The van der Waals surface area contributed by atoms with Gasteiger partial charge in [-0.3, -0.25) is 9.59 Å². The lowest BCUT2D eigenvalue weighted by molar-refractivity contribution is 0.0949. The van der Waals surface area contributed by atoms with Gasteiger partial charge in [0.15, 0.2) is 17.2 Å². The second kappa shape index (κ2) is 9.78. The van der Waals surface area contributed by atoms with Gasteiger partial charge in [-0.15, -0.1) is 0 Å². The van der Waals surface area contributed by atoms with Crippen molar-refractivity contribution in [2.45, 2.75) is 13.5 Å². The average molecular weight is 442 g/mol. The van der Waals surface area contributed by atoms with E-state index in [-0.39, 0.29) is 23.5 Å². The lowest BCUT2D eigenvalue weighted by atomic mass is 10.1. The fraction of sp³-hybridized carbons (Fsp3) is 0.120. The zero-order valence-electron chi connectivity index (χ0n) is 17.9. The highest BCUT2D eigenvalue weighted by Crippen LogP contribution is 2.26. The van der Waals surface area contributed by atoms with Crippen molar-refractivity contribution in [3.8, 4) is 11.5 Å². The van der Waals surface area contributed by atoms with E-state index in [1.807, 2.05) is 37.3 Å². The van der Waals surface area contributed by atoms with Crippen LogP contribution in [0.4, 0.5) is 0 Å². The first-order valence-corrected chi connectivity index (χ1v) is 10.4. The molecule has 1 heterocycles. The molecule has 0 saturated heterocycles. The zero-order valence-corrected chi connectivity index (χ0v) is 17.9. The van der Waals surface area contributed by atoms with Gasteiger partial charge in [0.25, 0.3) is 11.5 Å². The summed E-state index contributed by atoms with van der Waals surface area (Å²) in [6.45, 7) is 2.46. The van der Waals surface area contributed by atoms with Crippen LogP contribution >= 0.6 is 0 Å². The Morgan fingerprint density at radius 2 is 1.82 bits per heavy atom. The molecule has 0 unspecified atom stereocenters. The summed E-state index contributed by atoms with van der Waals surface area (Å²) in [5.41, 5.74) is 3.81. The second-order valence-corrected chi connectivity index (χ2v) is 7.20. The number of nitrogens with zero attached hydrogens (tertiary/aromatic N) is 3. The third kappa shape index (κ3) is 4.90. The number of carbonyl (C=O) groups is 1. The van der Waals surface area contributed by atoms with Gasteiger partial charge in [0.1, 0.15) is 0 Å². The summed E-state index contributed by atoms with van der Waals surface area (Å²) in [4.78, 5) is 25.8. The van der Waals surface area contributed by atoms with Gasteiger partial charge < -0.3 is 9.84 Å². The van der Waals surface area contributed by atoms with Crippen LogP contribution in [0.3, 0.4) is 0 Å². The number of nitrogens with one attached hydrogen (secondary N) is 1. The Hall–Kier alpha value is -4.46. The van der Waals surface area contributed by atoms with Crippen LogP contribution in [0.25, 0.3) is 10.8 Å². The van der Waals surface area contributed by atoms with Crippen molar-refractivity contribution < 1.29 is 14.6 Å². The molecule has 2 N–H and O–H groups in total. The molecule has 8 nitrogen and oxygen atoms in total. The zero-order chi connectivity index (χ0) is 23.2. The van der Waals surface area contributed by atoms with Crippen LogP contribution in [-0.2, 0) is 6.54 Å². The maximum Gasteiger partial charge on any atom is 0.292 e. The van der Waals surface area contributed by atoms with Gasteiger partial charge in [-0.2, -0.15) is 10.2 Å². The Morgan fingerprint density at radius 3 is 2.58 bits per heavy atom. The van der Waals surface area contributed by atoms with E-state index < -0.39 is 5.91 Å². The van der Waals surface area contributed by atoms with Crippen molar-refractivity contribution in [1.82, 2.24) is 15.2 Å². The molecular weight excluding hydrogens is 420 g/mol. The van der Waals surface area contributed by atoms with E-state index in [2.05, 4.69) is 15.6 Å².